The number of benzene rings is 1. The molecule has 3 rings (SSSR count). The van der Waals surface area contributed by atoms with Crippen molar-refractivity contribution in [3.63, 3.8) is 0 Å². The first-order chi connectivity index (χ1) is 13.5. The van der Waals surface area contributed by atoms with E-state index in [2.05, 4.69) is 12.2 Å². The average Bonchev–Trinajstić information content (AvgIpc) is 3.00. The molecule has 1 aromatic carbocycles. The normalized spacial score (nSPS) is 15.8. The zero-order valence-electron chi connectivity index (χ0n) is 16.0. The summed E-state index contributed by atoms with van der Waals surface area (Å²) in [6.45, 7) is 4.29. The molecule has 150 valence electrons. The summed E-state index contributed by atoms with van der Waals surface area (Å²) in [6, 6.07) is 6.22. The highest BCUT2D eigenvalue weighted by Gasteiger charge is 2.29. The Labute approximate surface area is 172 Å². The number of nitrogens with one attached hydrogen (secondary N) is 1. The van der Waals surface area contributed by atoms with Gasteiger partial charge in [0.2, 0.25) is 5.91 Å². The van der Waals surface area contributed by atoms with E-state index >= 15 is 0 Å². The summed E-state index contributed by atoms with van der Waals surface area (Å²) < 4.78 is 18.2. The minimum absolute atomic E-state index is 0.133. The van der Waals surface area contributed by atoms with Crippen molar-refractivity contribution in [1.29, 1.82) is 0 Å². The maximum absolute atomic E-state index is 12.9. The smallest absolute Gasteiger partial charge is 0.341 e. The van der Waals surface area contributed by atoms with Crippen LogP contribution in [0.4, 0.5) is 9.39 Å². The van der Waals surface area contributed by atoms with E-state index in [0.29, 0.717) is 35.3 Å². The van der Waals surface area contributed by atoms with E-state index in [1.54, 1.807) is 19.1 Å². The van der Waals surface area contributed by atoms with Crippen molar-refractivity contribution < 1.29 is 18.7 Å². The highest BCUT2D eigenvalue weighted by atomic mass is 32.2. The predicted octanol–water partition coefficient (Wildman–Crippen LogP) is 5.31. The summed E-state index contributed by atoms with van der Waals surface area (Å²) in [6.07, 6.45) is 3.13. The minimum atomic E-state index is -0.356. The molecule has 0 spiro atoms. The van der Waals surface area contributed by atoms with E-state index in [1.165, 1.54) is 40.1 Å². The van der Waals surface area contributed by atoms with Crippen molar-refractivity contribution >= 4 is 40.0 Å². The zero-order chi connectivity index (χ0) is 20.1. The molecule has 0 radical (unpaired) electrons. The van der Waals surface area contributed by atoms with Gasteiger partial charge < -0.3 is 10.1 Å². The fraction of sp³-hybridized carbons (Fsp3) is 0.429. The number of thiophene rings is 1. The second kappa shape index (κ2) is 9.56. The molecule has 0 fully saturated rings. The summed E-state index contributed by atoms with van der Waals surface area (Å²) in [7, 11) is 0. The van der Waals surface area contributed by atoms with Crippen LogP contribution in [0.5, 0.6) is 0 Å². The van der Waals surface area contributed by atoms with E-state index in [0.717, 1.165) is 29.7 Å². The lowest BCUT2D eigenvalue weighted by atomic mass is 9.88. The van der Waals surface area contributed by atoms with Crippen molar-refractivity contribution in [3.8, 4) is 0 Å². The van der Waals surface area contributed by atoms with Gasteiger partial charge in [0.1, 0.15) is 10.8 Å². The summed E-state index contributed by atoms with van der Waals surface area (Å²) in [4.78, 5) is 27.0. The number of fused-ring (bicyclic) bond motifs is 1. The Morgan fingerprint density at radius 2 is 2.07 bits per heavy atom. The Bertz CT molecular complexity index is 848. The SMILES string of the molecule is CCOC(=O)c1c(NC(=O)CCSc2ccc(F)cc2)sc2c1CC[C@H](C)C2. The van der Waals surface area contributed by atoms with Gasteiger partial charge in [-0.05, 0) is 61.9 Å². The van der Waals surface area contributed by atoms with Crippen LogP contribution >= 0.6 is 23.1 Å². The molecular weight excluding hydrogens is 397 g/mol. The largest absolute Gasteiger partial charge is 0.462 e. The number of esters is 1. The lowest BCUT2D eigenvalue weighted by Gasteiger charge is -2.18. The van der Waals surface area contributed by atoms with Crippen LogP contribution in [0.1, 0.15) is 47.5 Å². The van der Waals surface area contributed by atoms with Gasteiger partial charge in [-0.15, -0.1) is 23.1 Å². The molecule has 1 N–H and O–H groups in total. The van der Waals surface area contributed by atoms with Crippen LogP contribution in [0.3, 0.4) is 0 Å². The number of hydrogen-bond donors (Lipinski definition) is 1. The molecule has 4 nitrogen and oxygen atoms in total. The van der Waals surface area contributed by atoms with Crippen molar-refractivity contribution in [2.45, 2.75) is 44.4 Å². The molecule has 7 heteroatoms. The minimum Gasteiger partial charge on any atom is -0.462 e. The van der Waals surface area contributed by atoms with Crippen LogP contribution in [0.25, 0.3) is 0 Å². The Balaban J connectivity index is 1.66. The van der Waals surface area contributed by atoms with Crippen LogP contribution < -0.4 is 5.32 Å². The first kappa shape index (κ1) is 20.9. The Hall–Kier alpha value is -1.86. The maximum atomic E-state index is 12.9. The van der Waals surface area contributed by atoms with Gasteiger partial charge in [-0.3, -0.25) is 4.79 Å². The summed E-state index contributed by atoms with van der Waals surface area (Å²) in [5.74, 6) is 0.396. The van der Waals surface area contributed by atoms with Crippen molar-refractivity contribution in [2.24, 2.45) is 5.92 Å². The zero-order valence-corrected chi connectivity index (χ0v) is 17.7. The second-order valence-corrected chi connectivity index (χ2v) is 9.15. The topological polar surface area (TPSA) is 55.4 Å². The van der Waals surface area contributed by atoms with Crippen LogP contribution in [-0.2, 0) is 22.4 Å². The molecule has 1 aromatic heterocycles. The number of carbonyl (C=O) groups is 2. The first-order valence-electron chi connectivity index (χ1n) is 9.47. The fourth-order valence-corrected chi connectivity index (χ4v) is 5.51. The van der Waals surface area contributed by atoms with E-state index in [4.69, 9.17) is 4.74 Å². The number of halogens is 1. The third-order valence-electron chi connectivity index (χ3n) is 4.66. The monoisotopic (exact) mass is 421 g/mol. The fourth-order valence-electron chi connectivity index (χ4n) is 3.24. The number of hydrogen-bond acceptors (Lipinski definition) is 5. The van der Waals surface area contributed by atoms with Gasteiger partial charge >= 0.3 is 5.97 Å². The molecule has 1 aliphatic rings. The number of carbonyl (C=O) groups excluding carboxylic acids is 2. The summed E-state index contributed by atoms with van der Waals surface area (Å²) in [5.41, 5.74) is 1.57. The molecule has 0 bridgehead atoms. The molecule has 2 aromatic rings. The molecule has 0 aliphatic heterocycles. The van der Waals surface area contributed by atoms with Gasteiger partial charge in [0.05, 0.1) is 12.2 Å². The maximum Gasteiger partial charge on any atom is 0.341 e. The molecule has 1 aliphatic carbocycles. The lowest BCUT2D eigenvalue weighted by molar-refractivity contribution is -0.115. The summed E-state index contributed by atoms with van der Waals surface area (Å²) >= 11 is 3.00. The molecule has 0 saturated carbocycles. The number of amides is 1. The molecular formula is C21H24FNO3S2. The van der Waals surface area contributed by atoms with Gasteiger partial charge in [0.15, 0.2) is 0 Å². The molecule has 0 unspecified atom stereocenters. The third kappa shape index (κ3) is 5.14. The van der Waals surface area contributed by atoms with E-state index in [1.807, 2.05) is 0 Å². The van der Waals surface area contributed by atoms with E-state index < -0.39 is 0 Å². The van der Waals surface area contributed by atoms with Gasteiger partial charge in [-0.25, -0.2) is 9.18 Å². The Kier molecular flexibility index (Phi) is 7.13. The predicted molar refractivity (Wildman–Crippen MR) is 112 cm³/mol. The van der Waals surface area contributed by atoms with Crippen molar-refractivity contribution in [3.05, 3.63) is 46.1 Å². The van der Waals surface area contributed by atoms with Crippen LogP contribution in [0.15, 0.2) is 29.2 Å². The Morgan fingerprint density at radius 3 is 2.79 bits per heavy atom. The van der Waals surface area contributed by atoms with Crippen molar-refractivity contribution in [1.82, 2.24) is 0 Å². The quantitative estimate of drug-likeness (QED) is 0.486. The Morgan fingerprint density at radius 1 is 1.32 bits per heavy atom. The van der Waals surface area contributed by atoms with Gasteiger partial charge in [-0.1, -0.05) is 6.92 Å². The van der Waals surface area contributed by atoms with Crippen LogP contribution in [0, 0.1) is 11.7 Å². The van der Waals surface area contributed by atoms with Crippen molar-refractivity contribution in [2.75, 3.05) is 17.7 Å². The first-order valence-corrected chi connectivity index (χ1v) is 11.3. The van der Waals surface area contributed by atoms with E-state index in [-0.39, 0.29) is 17.7 Å². The van der Waals surface area contributed by atoms with Gasteiger partial charge in [0, 0.05) is 21.9 Å². The number of anilines is 1. The number of thioether (sulfide) groups is 1. The van der Waals surface area contributed by atoms with Crippen LogP contribution in [-0.4, -0.2) is 24.2 Å². The van der Waals surface area contributed by atoms with Crippen LogP contribution in [0.2, 0.25) is 0 Å². The molecule has 0 saturated heterocycles. The average molecular weight is 422 g/mol. The number of rotatable bonds is 7. The molecule has 1 heterocycles. The molecule has 1 atom stereocenters. The molecule has 1 amide bonds. The standard InChI is InChI=1S/C21H24FNO3S2/c1-3-26-21(25)19-16-9-4-13(2)12-17(16)28-20(19)23-18(24)10-11-27-15-7-5-14(22)6-8-15/h5-8,13H,3-4,9-12H2,1-2H3,(H,23,24)/t13-/m0/s1. The summed E-state index contributed by atoms with van der Waals surface area (Å²) in [5, 5.41) is 3.53. The second-order valence-electron chi connectivity index (χ2n) is 6.88. The van der Waals surface area contributed by atoms with Gasteiger partial charge in [-0.2, -0.15) is 0 Å². The lowest BCUT2D eigenvalue weighted by Crippen LogP contribution is -2.16. The highest BCUT2D eigenvalue weighted by molar-refractivity contribution is 7.99. The highest BCUT2D eigenvalue weighted by Crippen LogP contribution is 2.40. The third-order valence-corrected chi connectivity index (χ3v) is 6.84. The van der Waals surface area contributed by atoms with Gasteiger partial charge in [0.25, 0.3) is 0 Å². The van der Waals surface area contributed by atoms with E-state index in [9.17, 15) is 14.0 Å². The number of ether oxygens (including phenoxy) is 1. The molecule has 28 heavy (non-hydrogen) atoms.